The molecule has 120 valence electrons. The molecule has 1 nitrogen and oxygen atoms in total. The highest BCUT2D eigenvalue weighted by molar-refractivity contribution is 6.25. The molecule has 1 aliphatic rings. The van der Waals surface area contributed by atoms with Crippen LogP contribution < -0.4 is 0 Å². The third kappa shape index (κ3) is 2.04. The minimum absolute atomic E-state index is 0.215. The predicted molar refractivity (Wildman–Crippen MR) is 101 cm³/mol. The maximum Gasteiger partial charge on any atom is 0.194 e. The molecule has 0 N–H and O–H groups in total. The van der Waals surface area contributed by atoms with Crippen molar-refractivity contribution in [1.29, 1.82) is 0 Å². The molecule has 0 bridgehead atoms. The summed E-state index contributed by atoms with van der Waals surface area (Å²) in [5, 5.41) is 2.59. The van der Waals surface area contributed by atoms with Gasteiger partial charge in [0.1, 0.15) is 0 Å². The summed E-state index contributed by atoms with van der Waals surface area (Å²) in [5.74, 6) is 0.215. The van der Waals surface area contributed by atoms with Crippen molar-refractivity contribution in [3.05, 3.63) is 70.8 Å². The van der Waals surface area contributed by atoms with Crippen LogP contribution in [0.4, 0.5) is 0 Å². The first-order valence-corrected chi connectivity index (χ1v) is 8.98. The molecule has 4 rings (SSSR count). The van der Waals surface area contributed by atoms with Gasteiger partial charge in [-0.25, -0.2) is 0 Å². The van der Waals surface area contributed by atoms with E-state index >= 15 is 0 Å². The molecule has 0 unspecified atom stereocenters. The Hall–Kier alpha value is -2.41. The number of carbonyl (C=O) groups excluding carboxylic acids is 1. The molecule has 0 atom stereocenters. The molecule has 0 saturated heterocycles. The van der Waals surface area contributed by atoms with E-state index in [0.29, 0.717) is 0 Å². The fraction of sp³-hybridized carbons (Fsp3) is 0.261. The Bertz CT molecular complexity index is 950. The molecule has 0 aromatic heterocycles. The van der Waals surface area contributed by atoms with Gasteiger partial charge >= 0.3 is 0 Å². The van der Waals surface area contributed by atoms with Gasteiger partial charge in [-0.3, -0.25) is 4.79 Å². The van der Waals surface area contributed by atoms with Crippen molar-refractivity contribution in [3.63, 3.8) is 0 Å². The standard InChI is InChI=1S/C23H22O/c1-3-9-17-15-11-5-6-12-16(15)18(10-4-2)22-21(17)19-13-7-8-14-20(19)23(22)24/h5-8,11-14H,3-4,9-10H2,1-2H3. The van der Waals surface area contributed by atoms with Gasteiger partial charge in [-0.1, -0.05) is 75.2 Å². The summed E-state index contributed by atoms with van der Waals surface area (Å²) in [7, 11) is 0. The van der Waals surface area contributed by atoms with Gasteiger partial charge in [0.2, 0.25) is 0 Å². The minimum atomic E-state index is 0.215. The van der Waals surface area contributed by atoms with Gasteiger partial charge in [0, 0.05) is 11.1 Å². The maximum atomic E-state index is 13.2. The molecule has 0 fully saturated rings. The molecular formula is C23H22O. The predicted octanol–water partition coefficient (Wildman–Crippen LogP) is 5.96. The van der Waals surface area contributed by atoms with E-state index < -0.39 is 0 Å². The highest BCUT2D eigenvalue weighted by Gasteiger charge is 2.32. The van der Waals surface area contributed by atoms with Gasteiger partial charge in [-0.15, -0.1) is 0 Å². The lowest BCUT2D eigenvalue weighted by atomic mass is 9.85. The van der Waals surface area contributed by atoms with Crippen LogP contribution in [0.3, 0.4) is 0 Å². The molecule has 0 amide bonds. The molecule has 1 heteroatoms. The zero-order valence-electron chi connectivity index (χ0n) is 14.4. The lowest BCUT2D eigenvalue weighted by molar-refractivity contribution is 0.104. The van der Waals surface area contributed by atoms with Crippen LogP contribution in [0, 0.1) is 0 Å². The topological polar surface area (TPSA) is 17.1 Å². The fourth-order valence-corrected chi connectivity index (χ4v) is 4.18. The first kappa shape index (κ1) is 15.1. The van der Waals surface area contributed by atoms with Crippen molar-refractivity contribution in [2.45, 2.75) is 39.5 Å². The van der Waals surface area contributed by atoms with Crippen molar-refractivity contribution < 1.29 is 4.79 Å². The van der Waals surface area contributed by atoms with E-state index in [1.165, 1.54) is 27.5 Å². The van der Waals surface area contributed by atoms with Crippen LogP contribution in [0.15, 0.2) is 48.5 Å². The van der Waals surface area contributed by atoms with Crippen molar-refractivity contribution in [2.75, 3.05) is 0 Å². The number of hydrogen-bond acceptors (Lipinski definition) is 1. The van der Waals surface area contributed by atoms with Crippen LogP contribution in [0.2, 0.25) is 0 Å². The summed E-state index contributed by atoms with van der Waals surface area (Å²) in [5.41, 5.74) is 6.77. The van der Waals surface area contributed by atoms with E-state index in [1.807, 2.05) is 18.2 Å². The van der Waals surface area contributed by atoms with Gasteiger partial charge in [0.15, 0.2) is 5.78 Å². The summed E-state index contributed by atoms with van der Waals surface area (Å²) in [6.45, 7) is 4.40. The summed E-state index contributed by atoms with van der Waals surface area (Å²) in [6, 6.07) is 16.7. The zero-order valence-corrected chi connectivity index (χ0v) is 14.4. The van der Waals surface area contributed by atoms with E-state index in [9.17, 15) is 4.79 Å². The Morgan fingerprint density at radius 3 is 1.75 bits per heavy atom. The number of carbonyl (C=O) groups is 1. The summed E-state index contributed by atoms with van der Waals surface area (Å²) in [4.78, 5) is 13.2. The lowest BCUT2D eigenvalue weighted by Gasteiger charge is -2.17. The molecule has 0 saturated carbocycles. The second-order valence-electron chi connectivity index (χ2n) is 6.63. The van der Waals surface area contributed by atoms with E-state index in [1.54, 1.807) is 0 Å². The molecule has 3 aromatic carbocycles. The molecule has 0 heterocycles. The largest absolute Gasteiger partial charge is 0.289 e. The Kier molecular flexibility index (Phi) is 3.72. The van der Waals surface area contributed by atoms with Gasteiger partial charge < -0.3 is 0 Å². The SMILES string of the molecule is CCCc1c2c(c(CCC)c3ccccc13)-c1ccccc1C2=O. The number of benzene rings is 3. The molecule has 1 aliphatic carbocycles. The maximum absolute atomic E-state index is 13.2. The Morgan fingerprint density at radius 2 is 1.17 bits per heavy atom. The van der Waals surface area contributed by atoms with Crippen molar-refractivity contribution in [1.82, 2.24) is 0 Å². The normalized spacial score (nSPS) is 12.5. The monoisotopic (exact) mass is 314 g/mol. The first-order valence-electron chi connectivity index (χ1n) is 8.98. The average molecular weight is 314 g/mol. The zero-order chi connectivity index (χ0) is 16.7. The highest BCUT2D eigenvalue weighted by atomic mass is 16.1. The third-order valence-electron chi connectivity index (χ3n) is 5.10. The van der Waals surface area contributed by atoms with Crippen LogP contribution in [-0.4, -0.2) is 5.78 Å². The van der Waals surface area contributed by atoms with Gasteiger partial charge in [0.05, 0.1) is 0 Å². The van der Waals surface area contributed by atoms with Crippen molar-refractivity contribution in [2.24, 2.45) is 0 Å². The fourth-order valence-electron chi connectivity index (χ4n) is 4.18. The third-order valence-corrected chi connectivity index (χ3v) is 5.10. The number of fused-ring (bicyclic) bond motifs is 4. The van der Waals surface area contributed by atoms with Crippen LogP contribution >= 0.6 is 0 Å². The summed E-state index contributed by atoms with van der Waals surface area (Å²) >= 11 is 0. The molecule has 0 aliphatic heterocycles. The molecule has 3 aromatic rings. The Labute approximate surface area is 143 Å². The number of aryl methyl sites for hydroxylation is 2. The van der Waals surface area contributed by atoms with Crippen LogP contribution in [-0.2, 0) is 12.8 Å². The summed E-state index contributed by atoms with van der Waals surface area (Å²) in [6.07, 6.45) is 4.10. The quantitative estimate of drug-likeness (QED) is 0.454. The average Bonchev–Trinajstić information content (AvgIpc) is 2.91. The minimum Gasteiger partial charge on any atom is -0.289 e. The van der Waals surface area contributed by atoms with Crippen LogP contribution in [0.25, 0.3) is 21.9 Å². The second-order valence-corrected chi connectivity index (χ2v) is 6.63. The van der Waals surface area contributed by atoms with E-state index in [0.717, 1.165) is 42.4 Å². The number of ketones is 1. The van der Waals surface area contributed by atoms with Gasteiger partial charge in [-0.05, 0) is 45.9 Å². The smallest absolute Gasteiger partial charge is 0.194 e. The van der Waals surface area contributed by atoms with E-state index in [-0.39, 0.29) is 5.78 Å². The second kappa shape index (κ2) is 5.90. The Morgan fingerprint density at radius 1 is 0.667 bits per heavy atom. The van der Waals surface area contributed by atoms with Gasteiger partial charge in [0.25, 0.3) is 0 Å². The first-order chi connectivity index (χ1) is 11.8. The van der Waals surface area contributed by atoms with Crippen LogP contribution in [0.1, 0.15) is 53.7 Å². The van der Waals surface area contributed by atoms with Crippen molar-refractivity contribution >= 4 is 16.6 Å². The number of hydrogen-bond donors (Lipinski definition) is 0. The summed E-state index contributed by atoms with van der Waals surface area (Å²) < 4.78 is 0. The highest BCUT2D eigenvalue weighted by Crippen LogP contribution is 2.45. The van der Waals surface area contributed by atoms with Gasteiger partial charge in [-0.2, -0.15) is 0 Å². The molecule has 24 heavy (non-hydrogen) atoms. The lowest BCUT2D eigenvalue weighted by Crippen LogP contribution is -2.04. The number of rotatable bonds is 4. The van der Waals surface area contributed by atoms with Crippen molar-refractivity contribution in [3.8, 4) is 11.1 Å². The van der Waals surface area contributed by atoms with Crippen LogP contribution in [0.5, 0.6) is 0 Å². The molecular weight excluding hydrogens is 292 g/mol. The molecule has 0 spiro atoms. The Balaban J connectivity index is 2.19. The van der Waals surface area contributed by atoms with E-state index in [2.05, 4.69) is 44.2 Å². The molecule has 0 radical (unpaired) electrons. The van der Waals surface area contributed by atoms with E-state index in [4.69, 9.17) is 0 Å².